The molecule has 0 aliphatic carbocycles. The van der Waals surface area contributed by atoms with Crippen molar-refractivity contribution >= 4 is 17.3 Å². The molecule has 148 valence electrons. The predicted octanol–water partition coefficient (Wildman–Crippen LogP) is 3.16. The number of nitro benzene ring substituents is 1. The van der Waals surface area contributed by atoms with Gasteiger partial charge in [-0.3, -0.25) is 19.8 Å². The van der Waals surface area contributed by atoms with Crippen LogP contribution in [0.2, 0.25) is 0 Å². The second kappa shape index (κ2) is 8.95. The Bertz CT molecular complexity index is 860. The van der Waals surface area contributed by atoms with E-state index in [-0.39, 0.29) is 11.6 Å². The highest BCUT2D eigenvalue weighted by atomic mass is 16.6. The Labute approximate surface area is 165 Å². The summed E-state index contributed by atoms with van der Waals surface area (Å²) < 4.78 is 0. The van der Waals surface area contributed by atoms with Crippen molar-refractivity contribution in [3.63, 3.8) is 0 Å². The molecule has 0 radical (unpaired) electrons. The minimum absolute atomic E-state index is 0.0312. The number of rotatable bonds is 6. The van der Waals surface area contributed by atoms with Crippen LogP contribution >= 0.6 is 0 Å². The lowest BCUT2D eigenvalue weighted by Crippen LogP contribution is -2.43. The molecule has 0 atom stereocenters. The highest BCUT2D eigenvalue weighted by Gasteiger charge is 2.16. The van der Waals surface area contributed by atoms with E-state index < -0.39 is 4.92 Å². The fourth-order valence-corrected chi connectivity index (χ4v) is 3.37. The number of nitro groups is 1. The summed E-state index contributed by atoms with van der Waals surface area (Å²) in [6, 6.07) is 12.2. The van der Waals surface area contributed by atoms with E-state index in [1.54, 1.807) is 12.1 Å². The van der Waals surface area contributed by atoms with Gasteiger partial charge < -0.3 is 10.2 Å². The van der Waals surface area contributed by atoms with E-state index in [9.17, 15) is 14.9 Å². The molecule has 3 rings (SSSR count). The summed E-state index contributed by atoms with van der Waals surface area (Å²) in [5.41, 5.74) is 2.97. The number of benzene rings is 2. The molecule has 0 aromatic heterocycles. The van der Waals surface area contributed by atoms with E-state index in [0.29, 0.717) is 17.7 Å². The van der Waals surface area contributed by atoms with Crippen LogP contribution < -0.4 is 5.32 Å². The summed E-state index contributed by atoms with van der Waals surface area (Å²) in [6.45, 7) is 6.89. The van der Waals surface area contributed by atoms with Crippen molar-refractivity contribution in [1.29, 1.82) is 0 Å². The van der Waals surface area contributed by atoms with Crippen molar-refractivity contribution in [1.82, 2.24) is 9.80 Å². The lowest BCUT2D eigenvalue weighted by atomic mass is 10.1. The van der Waals surface area contributed by atoms with Crippen LogP contribution in [0.5, 0.6) is 0 Å². The third kappa shape index (κ3) is 4.94. The molecular formula is C21H26N4O3. The average Bonchev–Trinajstić information content (AvgIpc) is 2.70. The third-order valence-electron chi connectivity index (χ3n) is 5.12. The maximum Gasteiger partial charge on any atom is 0.271 e. The minimum atomic E-state index is -0.453. The molecule has 7 heteroatoms. The van der Waals surface area contributed by atoms with Crippen LogP contribution in [0.25, 0.3) is 0 Å². The summed E-state index contributed by atoms with van der Waals surface area (Å²) in [4.78, 5) is 28.0. The molecule has 0 bridgehead atoms. The number of hydrogen-bond acceptors (Lipinski definition) is 5. The van der Waals surface area contributed by atoms with Gasteiger partial charge in [0.15, 0.2) is 0 Å². The third-order valence-corrected chi connectivity index (χ3v) is 5.12. The van der Waals surface area contributed by atoms with Gasteiger partial charge in [-0.1, -0.05) is 25.1 Å². The molecule has 28 heavy (non-hydrogen) atoms. The van der Waals surface area contributed by atoms with Gasteiger partial charge in [0, 0.05) is 50.4 Å². The highest BCUT2D eigenvalue weighted by Crippen LogP contribution is 2.24. The number of nitrogens with one attached hydrogen (secondary N) is 1. The molecular weight excluding hydrogens is 356 g/mol. The number of likely N-dealkylation sites (N-methyl/N-ethyl adjacent to an activating group) is 1. The van der Waals surface area contributed by atoms with Crippen LogP contribution in [0, 0.1) is 10.1 Å². The Morgan fingerprint density at radius 1 is 1.14 bits per heavy atom. The second-order valence-electron chi connectivity index (χ2n) is 7.19. The van der Waals surface area contributed by atoms with E-state index >= 15 is 0 Å². The Kier molecular flexibility index (Phi) is 6.38. The van der Waals surface area contributed by atoms with Gasteiger partial charge in [0.2, 0.25) is 0 Å². The van der Waals surface area contributed by atoms with Crippen molar-refractivity contribution in [2.24, 2.45) is 0 Å². The van der Waals surface area contributed by atoms with Gasteiger partial charge in [0.25, 0.3) is 11.6 Å². The van der Waals surface area contributed by atoms with Crippen LogP contribution in [0.1, 0.15) is 28.4 Å². The fourth-order valence-electron chi connectivity index (χ4n) is 3.37. The number of carbonyl (C=O) groups is 1. The molecule has 1 heterocycles. The number of non-ortho nitro benzene ring substituents is 1. The van der Waals surface area contributed by atoms with Crippen LogP contribution in [0.3, 0.4) is 0 Å². The van der Waals surface area contributed by atoms with Gasteiger partial charge >= 0.3 is 0 Å². The average molecular weight is 382 g/mol. The molecule has 7 nitrogen and oxygen atoms in total. The number of anilines is 1. The van der Waals surface area contributed by atoms with E-state index in [0.717, 1.165) is 43.9 Å². The van der Waals surface area contributed by atoms with Gasteiger partial charge in [0.1, 0.15) is 0 Å². The first-order valence-electron chi connectivity index (χ1n) is 9.54. The SMILES string of the molecule is CCc1ccc([N+](=O)[O-])cc1NC(=O)c1cccc(CN2CCN(C)CC2)c1. The molecule has 1 aliphatic rings. The Balaban J connectivity index is 1.73. The summed E-state index contributed by atoms with van der Waals surface area (Å²) in [5.74, 6) is -0.254. The van der Waals surface area contributed by atoms with Crippen LogP contribution in [-0.2, 0) is 13.0 Å². The van der Waals surface area contributed by atoms with Crippen LogP contribution in [-0.4, -0.2) is 53.9 Å². The fraction of sp³-hybridized carbons (Fsp3) is 0.381. The van der Waals surface area contributed by atoms with Crippen molar-refractivity contribution in [3.8, 4) is 0 Å². The van der Waals surface area contributed by atoms with Gasteiger partial charge in [-0.25, -0.2) is 0 Å². The molecule has 1 fully saturated rings. The van der Waals surface area contributed by atoms with Crippen molar-refractivity contribution in [2.45, 2.75) is 19.9 Å². The van der Waals surface area contributed by atoms with Gasteiger partial charge in [0.05, 0.1) is 10.6 Å². The number of carbonyl (C=O) groups excluding carboxylic acids is 1. The zero-order valence-corrected chi connectivity index (χ0v) is 16.4. The number of piperazine rings is 1. The molecule has 2 aromatic rings. The highest BCUT2D eigenvalue weighted by molar-refractivity contribution is 6.04. The van der Waals surface area contributed by atoms with E-state index in [2.05, 4.69) is 22.2 Å². The molecule has 2 aromatic carbocycles. The molecule has 1 saturated heterocycles. The Morgan fingerprint density at radius 3 is 2.57 bits per heavy atom. The quantitative estimate of drug-likeness (QED) is 0.613. The Morgan fingerprint density at radius 2 is 1.89 bits per heavy atom. The zero-order chi connectivity index (χ0) is 20.1. The maximum absolute atomic E-state index is 12.7. The molecule has 0 spiro atoms. The summed E-state index contributed by atoms with van der Waals surface area (Å²) in [5, 5.41) is 13.9. The number of aryl methyl sites for hydroxylation is 1. The summed E-state index contributed by atoms with van der Waals surface area (Å²) in [6.07, 6.45) is 0.678. The van der Waals surface area contributed by atoms with Gasteiger partial charge in [-0.2, -0.15) is 0 Å². The predicted molar refractivity (Wildman–Crippen MR) is 110 cm³/mol. The van der Waals surface area contributed by atoms with Crippen molar-refractivity contribution in [2.75, 3.05) is 38.5 Å². The monoisotopic (exact) mass is 382 g/mol. The topological polar surface area (TPSA) is 78.7 Å². The normalized spacial score (nSPS) is 15.4. The molecule has 1 aliphatic heterocycles. The smallest absolute Gasteiger partial charge is 0.271 e. The lowest BCUT2D eigenvalue weighted by molar-refractivity contribution is -0.384. The van der Waals surface area contributed by atoms with E-state index in [4.69, 9.17) is 0 Å². The standard InChI is InChI=1S/C21H26N4O3/c1-3-17-7-8-19(25(27)28)14-20(17)22-21(26)18-6-4-5-16(13-18)15-24-11-9-23(2)10-12-24/h4-8,13-14H,3,9-12,15H2,1-2H3,(H,22,26). The summed E-state index contributed by atoms with van der Waals surface area (Å²) >= 11 is 0. The molecule has 0 unspecified atom stereocenters. The molecule has 1 N–H and O–H groups in total. The van der Waals surface area contributed by atoms with Crippen LogP contribution in [0.4, 0.5) is 11.4 Å². The van der Waals surface area contributed by atoms with E-state index in [1.165, 1.54) is 12.1 Å². The van der Waals surface area contributed by atoms with Gasteiger partial charge in [-0.05, 0) is 36.7 Å². The first kappa shape index (κ1) is 20.0. The number of nitrogens with zero attached hydrogens (tertiary/aromatic N) is 3. The largest absolute Gasteiger partial charge is 0.321 e. The van der Waals surface area contributed by atoms with Crippen molar-refractivity contribution in [3.05, 3.63) is 69.3 Å². The van der Waals surface area contributed by atoms with Crippen LogP contribution in [0.15, 0.2) is 42.5 Å². The molecule has 0 saturated carbocycles. The lowest BCUT2D eigenvalue weighted by Gasteiger charge is -2.32. The van der Waals surface area contributed by atoms with E-state index in [1.807, 2.05) is 25.1 Å². The first-order chi connectivity index (χ1) is 13.5. The summed E-state index contributed by atoms with van der Waals surface area (Å²) in [7, 11) is 2.13. The zero-order valence-electron chi connectivity index (χ0n) is 16.4. The first-order valence-corrected chi connectivity index (χ1v) is 9.54. The number of amides is 1. The number of hydrogen-bond donors (Lipinski definition) is 1. The minimum Gasteiger partial charge on any atom is -0.321 e. The van der Waals surface area contributed by atoms with Crippen molar-refractivity contribution < 1.29 is 9.72 Å². The Hall–Kier alpha value is -2.77. The molecule has 1 amide bonds. The second-order valence-corrected chi connectivity index (χ2v) is 7.19. The van der Waals surface area contributed by atoms with Gasteiger partial charge in [-0.15, -0.1) is 0 Å². The maximum atomic E-state index is 12.7.